The highest BCUT2D eigenvalue weighted by molar-refractivity contribution is 4.86. The number of piperazine rings is 1. The summed E-state index contributed by atoms with van der Waals surface area (Å²) in [7, 11) is 4.00. The number of halogens is 3. The molecular formula is C11H22F3N3. The number of nitrogens with zero attached hydrogens (tertiary/aromatic N) is 2. The zero-order valence-electron chi connectivity index (χ0n) is 10.5. The van der Waals surface area contributed by atoms with Crippen LogP contribution in [0.4, 0.5) is 13.2 Å². The van der Waals surface area contributed by atoms with Crippen LogP contribution in [0, 0.1) is 0 Å². The fraction of sp³-hybridized carbons (Fsp3) is 1.00. The minimum absolute atomic E-state index is 0.124. The summed E-state index contributed by atoms with van der Waals surface area (Å²) in [5.74, 6) is 0. The van der Waals surface area contributed by atoms with Crippen molar-refractivity contribution in [3.8, 4) is 0 Å². The summed E-state index contributed by atoms with van der Waals surface area (Å²) in [5, 5.41) is 0. The van der Waals surface area contributed by atoms with Crippen molar-refractivity contribution in [1.29, 1.82) is 0 Å². The molecule has 1 aliphatic rings. The first-order chi connectivity index (χ1) is 7.79. The van der Waals surface area contributed by atoms with Crippen LogP contribution in [-0.4, -0.2) is 61.8 Å². The predicted octanol–water partition coefficient (Wildman–Crippen LogP) is 1.29. The highest BCUT2D eigenvalue weighted by Crippen LogP contribution is 2.23. The Bertz CT molecular complexity index is 232. The topological polar surface area (TPSA) is 32.5 Å². The molecule has 0 aromatic rings. The molecule has 2 N–H and O–H groups in total. The molecule has 2 unspecified atom stereocenters. The van der Waals surface area contributed by atoms with Gasteiger partial charge in [-0.15, -0.1) is 0 Å². The van der Waals surface area contributed by atoms with Gasteiger partial charge in [0.1, 0.15) is 0 Å². The number of likely N-dealkylation sites (N-methyl/N-ethyl adjacent to an activating group) is 2. The van der Waals surface area contributed by atoms with Gasteiger partial charge >= 0.3 is 6.18 Å². The van der Waals surface area contributed by atoms with Crippen LogP contribution in [0.2, 0.25) is 0 Å². The molecule has 0 spiro atoms. The molecule has 0 aromatic carbocycles. The average Bonchev–Trinajstić information content (AvgIpc) is 2.19. The second-order valence-electron chi connectivity index (χ2n) is 4.98. The first kappa shape index (κ1) is 14.7. The number of alkyl halides is 3. The molecular weight excluding hydrogens is 231 g/mol. The number of rotatable bonds is 4. The van der Waals surface area contributed by atoms with Gasteiger partial charge in [0, 0.05) is 38.1 Å². The summed E-state index contributed by atoms with van der Waals surface area (Å²) in [6, 6.07) is -0.00733. The summed E-state index contributed by atoms with van der Waals surface area (Å²) in [6.45, 7) is 2.75. The van der Waals surface area contributed by atoms with Crippen molar-refractivity contribution in [3.05, 3.63) is 0 Å². The lowest BCUT2D eigenvalue weighted by atomic mass is 9.99. The maximum absolute atomic E-state index is 12.0. The van der Waals surface area contributed by atoms with Crippen LogP contribution in [0.3, 0.4) is 0 Å². The quantitative estimate of drug-likeness (QED) is 0.819. The van der Waals surface area contributed by atoms with E-state index in [0.29, 0.717) is 6.42 Å². The molecule has 2 atom stereocenters. The van der Waals surface area contributed by atoms with Gasteiger partial charge in [-0.2, -0.15) is 13.2 Å². The molecule has 1 rings (SSSR count). The van der Waals surface area contributed by atoms with Gasteiger partial charge in [0.05, 0.1) is 0 Å². The fourth-order valence-corrected chi connectivity index (χ4v) is 2.24. The monoisotopic (exact) mass is 253 g/mol. The normalized spacial score (nSPS) is 26.1. The van der Waals surface area contributed by atoms with Gasteiger partial charge in [-0.25, -0.2) is 0 Å². The van der Waals surface area contributed by atoms with Crippen LogP contribution < -0.4 is 5.73 Å². The van der Waals surface area contributed by atoms with Crippen LogP contribution in [-0.2, 0) is 0 Å². The zero-order valence-corrected chi connectivity index (χ0v) is 10.5. The summed E-state index contributed by atoms with van der Waals surface area (Å²) >= 11 is 0. The molecule has 0 amide bonds. The van der Waals surface area contributed by atoms with Gasteiger partial charge in [0.15, 0.2) is 0 Å². The third-order valence-corrected chi connectivity index (χ3v) is 3.39. The Kier molecular flexibility index (Phi) is 5.22. The van der Waals surface area contributed by atoms with Gasteiger partial charge in [0.2, 0.25) is 0 Å². The lowest BCUT2D eigenvalue weighted by molar-refractivity contribution is -0.136. The maximum atomic E-state index is 12.0. The van der Waals surface area contributed by atoms with E-state index in [-0.39, 0.29) is 18.5 Å². The van der Waals surface area contributed by atoms with Crippen molar-refractivity contribution in [2.24, 2.45) is 5.73 Å². The molecule has 3 nitrogen and oxygen atoms in total. The third-order valence-electron chi connectivity index (χ3n) is 3.39. The fourth-order valence-electron chi connectivity index (χ4n) is 2.24. The number of hydrogen-bond acceptors (Lipinski definition) is 3. The van der Waals surface area contributed by atoms with Crippen LogP contribution in [0.1, 0.15) is 19.3 Å². The van der Waals surface area contributed by atoms with Crippen molar-refractivity contribution < 1.29 is 13.2 Å². The molecule has 0 bridgehead atoms. The summed E-state index contributed by atoms with van der Waals surface area (Å²) in [6.07, 6.45) is -4.23. The number of hydrogen-bond donors (Lipinski definition) is 1. The van der Waals surface area contributed by atoms with Crippen LogP contribution >= 0.6 is 0 Å². The standard InChI is InChI=1S/C11H22F3N3/c1-16-6-7-17(2)10(8-16)9(15)4-3-5-11(12,13)14/h9-10H,3-8,15H2,1-2H3. The Labute approximate surface area is 101 Å². The van der Waals surface area contributed by atoms with Crippen molar-refractivity contribution in [2.45, 2.75) is 37.5 Å². The van der Waals surface area contributed by atoms with Crippen LogP contribution in [0.25, 0.3) is 0 Å². The average molecular weight is 253 g/mol. The minimum atomic E-state index is -4.06. The lowest BCUT2D eigenvalue weighted by Gasteiger charge is -2.40. The molecule has 1 aliphatic heterocycles. The van der Waals surface area contributed by atoms with E-state index < -0.39 is 12.6 Å². The largest absolute Gasteiger partial charge is 0.389 e. The zero-order chi connectivity index (χ0) is 13.1. The van der Waals surface area contributed by atoms with E-state index in [4.69, 9.17) is 5.73 Å². The summed E-state index contributed by atoms with van der Waals surface area (Å²) in [5.41, 5.74) is 5.99. The second-order valence-corrected chi connectivity index (χ2v) is 4.98. The summed E-state index contributed by atoms with van der Waals surface area (Å²) in [4.78, 5) is 4.33. The molecule has 1 fully saturated rings. The van der Waals surface area contributed by atoms with Gasteiger partial charge in [-0.1, -0.05) is 0 Å². The Morgan fingerprint density at radius 1 is 1.29 bits per heavy atom. The van der Waals surface area contributed by atoms with E-state index in [1.54, 1.807) is 0 Å². The van der Waals surface area contributed by atoms with E-state index in [1.807, 2.05) is 14.1 Å². The van der Waals surface area contributed by atoms with Crippen molar-refractivity contribution in [3.63, 3.8) is 0 Å². The molecule has 102 valence electrons. The van der Waals surface area contributed by atoms with Gasteiger partial charge < -0.3 is 10.6 Å². The first-order valence-corrected chi connectivity index (χ1v) is 6.00. The van der Waals surface area contributed by atoms with Crippen LogP contribution in [0.5, 0.6) is 0 Å². The molecule has 0 saturated carbocycles. The molecule has 17 heavy (non-hydrogen) atoms. The first-order valence-electron chi connectivity index (χ1n) is 6.00. The Morgan fingerprint density at radius 2 is 1.94 bits per heavy atom. The van der Waals surface area contributed by atoms with Crippen molar-refractivity contribution >= 4 is 0 Å². The van der Waals surface area contributed by atoms with Gasteiger partial charge in [-0.3, -0.25) is 4.90 Å². The SMILES string of the molecule is CN1CCN(C)C(C(N)CCCC(F)(F)F)C1. The highest BCUT2D eigenvalue weighted by atomic mass is 19.4. The second kappa shape index (κ2) is 6.02. The minimum Gasteiger partial charge on any atom is -0.326 e. The van der Waals surface area contributed by atoms with Crippen molar-refractivity contribution in [1.82, 2.24) is 9.80 Å². The maximum Gasteiger partial charge on any atom is 0.389 e. The van der Waals surface area contributed by atoms with Crippen LogP contribution in [0.15, 0.2) is 0 Å². The van der Waals surface area contributed by atoms with E-state index >= 15 is 0 Å². The molecule has 0 aliphatic carbocycles. The Morgan fingerprint density at radius 3 is 2.53 bits per heavy atom. The Hall–Kier alpha value is -0.330. The molecule has 0 aromatic heterocycles. The van der Waals surface area contributed by atoms with E-state index in [2.05, 4.69) is 9.80 Å². The Balaban J connectivity index is 2.33. The van der Waals surface area contributed by atoms with Crippen molar-refractivity contribution in [2.75, 3.05) is 33.7 Å². The molecule has 6 heteroatoms. The molecule has 0 radical (unpaired) electrons. The number of nitrogens with two attached hydrogens (primary N) is 1. The van der Waals surface area contributed by atoms with E-state index in [9.17, 15) is 13.2 Å². The van der Waals surface area contributed by atoms with E-state index in [1.165, 1.54) is 0 Å². The lowest BCUT2D eigenvalue weighted by Crippen LogP contribution is -2.57. The highest BCUT2D eigenvalue weighted by Gasteiger charge is 2.30. The molecule has 1 saturated heterocycles. The predicted molar refractivity (Wildman–Crippen MR) is 61.8 cm³/mol. The van der Waals surface area contributed by atoms with Gasteiger partial charge in [0.25, 0.3) is 0 Å². The third kappa shape index (κ3) is 5.23. The van der Waals surface area contributed by atoms with E-state index in [0.717, 1.165) is 19.6 Å². The summed E-state index contributed by atoms with van der Waals surface area (Å²) < 4.78 is 36.1. The molecule has 1 heterocycles. The van der Waals surface area contributed by atoms with Gasteiger partial charge in [-0.05, 0) is 26.9 Å². The smallest absolute Gasteiger partial charge is 0.326 e.